The number of halogens is 2. The van der Waals surface area contributed by atoms with Gasteiger partial charge in [-0.3, -0.25) is 4.79 Å². The summed E-state index contributed by atoms with van der Waals surface area (Å²) in [6, 6.07) is 13.3. The molecule has 0 saturated carbocycles. The molecule has 2 aromatic heterocycles. The summed E-state index contributed by atoms with van der Waals surface area (Å²) < 4.78 is 14.5. The van der Waals surface area contributed by atoms with Crippen LogP contribution in [-0.2, 0) is 13.0 Å². The molecule has 0 aliphatic carbocycles. The fraction of sp³-hybridized carbons (Fsp3) is 0.150. The molecule has 0 saturated heterocycles. The number of anilines is 1. The van der Waals surface area contributed by atoms with E-state index in [0.29, 0.717) is 22.2 Å². The lowest BCUT2D eigenvalue weighted by Gasteiger charge is -2.12. The van der Waals surface area contributed by atoms with Gasteiger partial charge in [0.25, 0.3) is 5.56 Å². The zero-order valence-corrected chi connectivity index (χ0v) is 17.7. The van der Waals surface area contributed by atoms with Crippen LogP contribution >= 0.6 is 34.7 Å². The molecule has 0 atom stereocenters. The van der Waals surface area contributed by atoms with E-state index in [-0.39, 0.29) is 11.4 Å². The Labute approximate surface area is 179 Å². The lowest BCUT2D eigenvalue weighted by atomic mass is 10.3. The topological polar surface area (TPSA) is 59.3 Å². The van der Waals surface area contributed by atoms with Crippen LogP contribution in [0.1, 0.15) is 17.6 Å². The molecule has 0 radical (unpaired) electrons. The first-order chi connectivity index (χ1) is 14.0. The molecule has 0 spiro atoms. The number of aromatic nitrogens is 3. The van der Waals surface area contributed by atoms with Gasteiger partial charge in [0.2, 0.25) is 4.96 Å². The molecule has 2 aromatic carbocycles. The van der Waals surface area contributed by atoms with Crippen LogP contribution in [0.3, 0.4) is 0 Å². The van der Waals surface area contributed by atoms with Crippen LogP contribution in [0, 0.1) is 5.82 Å². The number of aryl methyl sites for hydroxylation is 1. The highest BCUT2D eigenvalue weighted by molar-refractivity contribution is 7.99. The molecule has 148 valence electrons. The van der Waals surface area contributed by atoms with E-state index in [1.807, 2.05) is 19.1 Å². The quantitative estimate of drug-likeness (QED) is 0.437. The van der Waals surface area contributed by atoms with Crippen LogP contribution in [-0.4, -0.2) is 14.6 Å². The van der Waals surface area contributed by atoms with Crippen molar-refractivity contribution in [3.05, 3.63) is 80.4 Å². The first-order valence-electron chi connectivity index (χ1n) is 8.87. The van der Waals surface area contributed by atoms with Crippen LogP contribution in [0.4, 0.5) is 10.1 Å². The van der Waals surface area contributed by atoms with Crippen LogP contribution < -0.4 is 10.9 Å². The summed E-state index contributed by atoms with van der Waals surface area (Å²) in [5.74, 6) is -0.272. The first kappa shape index (κ1) is 19.9. The van der Waals surface area contributed by atoms with Gasteiger partial charge in [-0.15, -0.1) is 0 Å². The average Bonchev–Trinajstić information content (AvgIpc) is 3.14. The zero-order valence-electron chi connectivity index (χ0n) is 15.4. The van der Waals surface area contributed by atoms with E-state index >= 15 is 0 Å². The van der Waals surface area contributed by atoms with Crippen molar-refractivity contribution in [1.29, 1.82) is 0 Å². The lowest BCUT2D eigenvalue weighted by molar-refractivity contribution is 0.626. The van der Waals surface area contributed by atoms with E-state index in [9.17, 15) is 9.18 Å². The van der Waals surface area contributed by atoms with Crippen LogP contribution in [0.15, 0.2) is 63.1 Å². The highest BCUT2D eigenvalue weighted by Crippen LogP contribution is 2.35. The molecule has 0 aliphatic rings. The monoisotopic (exact) mass is 446 g/mol. The Hall–Kier alpha value is -2.42. The fourth-order valence-electron chi connectivity index (χ4n) is 2.67. The third-order valence-electron chi connectivity index (χ3n) is 4.09. The molecular weight excluding hydrogens is 431 g/mol. The second kappa shape index (κ2) is 8.52. The SMILES string of the molecule is CCc1nn2c(=O)cc(CNc3cc(Cl)ccc3Sc3ccc(F)cc3)nc2s1. The van der Waals surface area contributed by atoms with Gasteiger partial charge < -0.3 is 5.32 Å². The van der Waals surface area contributed by atoms with Gasteiger partial charge in [-0.05, 0) is 48.9 Å². The predicted octanol–water partition coefficient (Wildman–Crippen LogP) is 5.27. The summed E-state index contributed by atoms with van der Waals surface area (Å²) in [6.45, 7) is 2.35. The van der Waals surface area contributed by atoms with Crippen LogP contribution in [0.2, 0.25) is 5.02 Å². The normalized spacial score (nSPS) is 11.1. The molecule has 4 rings (SSSR count). The number of nitrogens with one attached hydrogen (secondary N) is 1. The minimum absolute atomic E-state index is 0.199. The number of hydrogen-bond acceptors (Lipinski definition) is 6. The number of nitrogens with zero attached hydrogens (tertiary/aromatic N) is 3. The summed E-state index contributed by atoms with van der Waals surface area (Å²) in [5, 5.41) is 9.03. The van der Waals surface area contributed by atoms with Gasteiger partial charge in [0.1, 0.15) is 10.8 Å². The van der Waals surface area contributed by atoms with E-state index < -0.39 is 0 Å². The van der Waals surface area contributed by atoms with Gasteiger partial charge in [0.05, 0.1) is 12.2 Å². The molecule has 1 N–H and O–H groups in total. The summed E-state index contributed by atoms with van der Waals surface area (Å²) in [7, 11) is 0. The predicted molar refractivity (Wildman–Crippen MR) is 116 cm³/mol. The molecule has 5 nitrogen and oxygen atoms in total. The molecule has 0 aliphatic heterocycles. The van der Waals surface area contributed by atoms with Crippen molar-refractivity contribution in [2.45, 2.75) is 29.7 Å². The number of rotatable bonds is 6. The average molecular weight is 447 g/mol. The minimum atomic E-state index is -0.272. The maximum atomic E-state index is 13.2. The lowest BCUT2D eigenvalue weighted by Crippen LogP contribution is -2.16. The summed E-state index contributed by atoms with van der Waals surface area (Å²) in [4.78, 5) is 19.3. The van der Waals surface area contributed by atoms with Crippen LogP contribution in [0.5, 0.6) is 0 Å². The van der Waals surface area contributed by atoms with E-state index in [1.54, 1.807) is 18.2 Å². The highest BCUT2D eigenvalue weighted by Gasteiger charge is 2.10. The maximum Gasteiger partial charge on any atom is 0.275 e. The van der Waals surface area contributed by atoms with Crippen molar-refractivity contribution in [2.75, 3.05) is 5.32 Å². The van der Waals surface area contributed by atoms with Gasteiger partial charge in [-0.25, -0.2) is 9.37 Å². The van der Waals surface area contributed by atoms with E-state index in [0.717, 1.165) is 26.9 Å². The molecule has 29 heavy (non-hydrogen) atoms. The third kappa shape index (κ3) is 4.60. The molecule has 4 aromatic rings. The van der Waals surface area contributed by atoms with Crippen molar-refractivity contribution in [3.63, 3.8) is 0 Å². The number of hydrogen-bond donors (Lipinski definition) is 1. The molecular formula is C20H16ClFN4OS2. The van der Waals surface area contributed by atoms with Crippen LogP contribution in [0.25, 0.3) is 4.96 Å². The molecule has 0 amide bonds. The smallest absolute Gasteiger partial charge is 0.275 e. The molecule has 0 bridgehead atoms. The Morgan fingerprint density at radius 1 is 1.21 bits per heavy atom. The molecule has 0 unspecified atom stereocenters. The number of benzene rings is 2. The van der Waals surface area contributed by atoms with Gasteiger partial charge in [0, 0.05) is 26.6 Å². The summed E-state index contributed by atoms with van der Waals surface area (Å²) in [6.07, 6.45) is 0.757. The summed E-state index contributed by atoms with van der Waals surface area (Å²) >= 11 is 9.08. The Balaban J connectivity index is 1.57. The van der Waals surface area contributed by atoms with Crippen molar-refractivity contribution in [3.8, 4) is 0 Å². The Morgan fingerprint density at radius 2 is 2.00 bits per heavy atom. The van der Waals surface area contributed by atoms with E-state index in [4.69, 9.17) is 11.6 Å². The van der Waals surface area contributed by atoms with E-state index in [1.165, 1.54) is 45.8 Å². The highest BCUT2D eigenvalue weighted by atomic mass is 35.5. The molecule has 9 heteroatoms. The Morgan fingerprint density at radius 3 is 2.76 bits per heavy atom. The van der Waals surface area contributed by atoms with Gasteiger partial charge in [-0.1, -0.05) is 41.6 Å². The van der Waals surface area contributed by atoms with E-state index in [2.05, 4.69) is 15.4 Å². The Kier molecular flexibility index (Phi) is 5.84. The summed E-state index contributed by atoms with van der Waals surface area (Å²) in [5.41, 5.74) is 1.24. The minimum Gasteiger partial charge on any atom is -0.378 e. The van der Waals surface area contributed by atoms with Crippen molar-refractivity contribution >= 4 is 45.3 Å². The first-order valence-corrected chi connectivity index (χ1v) is 10.9. The van der Waals surface area contributed by atoms with Crippen molar-refractivity contribution in [2.24, 2.45) is 0 Å². The second-order valence-corrected chi connectivity index (χ2v) is 8.77. The second-order valence-electron chi connectivity index (χ2n) is 6.18. The molecule has 2 heterocycles. The zero-order chi connectivity index (χ0) is 20.4. The van der Waals surface area contributed by atoms with Crippen molar-refractivity contribution in [1.82, 2.24) is 14.6 Å². The van der Waals surface area contributed by atoms with Crippen molar-refractivity contribution < 1.29 is 4.39 Å². The molecule has 0 fully saturated rings. The van der Waals surface area contributed by atoms with Gasteiger partial charge in [-0.2, -0.15) is 9.61 Å². The Bertz CT molecular complexity index is 1220. The largest absolute Gasteiger partial charge is 0.378 e. The third-order valence-corrected chi connectivity index (χ3v) is 6.46. The fourth-order valence-corrected chi connectivity index (χ4v) is 4.61. The standard InChI is InChI=1S/C20H16ClFN4OS2/c1-2-18-25-26-19(27)10-14(24-20(26)29-18)11-23-16-9-12(21)3-8-17(16)28-15-6-4-13(22)5-7-15/h3-10,23H,2,11H2,1H3. The number of fused-ring (bicyclic) bond motifs is 1. The van der Waals surface area contributed by atoms with Gasteiger partial charge in [0.15, 0.2) is 0 Å². The maximum absolute atomic E-state index is 13.2. The van der Waals surface area contributed by atoms with Gasteiger partial charge >= 0.3 is 0 Å².